The lowest BCUT2D eigenvalue weighted by atomic mass is 9.96. The Balaban J connectivity index is 1.43. The number of hydrogen-bond acceptors (Lipinski definition) is 5. The van der Waals surface area contributed by atoms with Crippen molar-refractivity contribution in [1.82, 2.24) is 18.9 Å². The zero-order chi connectivity index (χ0) is 18.6. The summed E-state index contributed by atoms with van der Waals surface area (Å²) in [6.45, 7) is 3.67. The van der Waals surface area contributed by atoms with Crippen LogP contribution < -0.4 is 4.74 Å². The van der Waals surface area contributed by atoms with Gasteiger partial charge in [0.25, 0.3) is 0 Å². The highest BCUT2D eigenvalue weighted by Gasteiger charge is 2.34. The molecule has 140 valence electrons. The number of sulfonamides is 1. The molecule has 7 nitrogen and oxygen atoms in total. The maximum Gasteiger partial charge on any atom is 0.243 e. The third-order valence-corrected chi connectivity index (χ3v) is 7.41. The number of ether oxygens (including phenoxy) is 1. The Morgan fingerprint density at radius 3 is 3.04 bits per heavy atom. The quantitative estimate of drug-likeness (QED) is 0.692. The van der Waals surface area contributed by atoms with Gasteiger partial charge in [0.15, 0.2) is 5.65 Å². The minimum absolute atomic E-state index is 0.158. The van der Waals surface area contributed by atoms with Gasteiger partial charge in [-0.15, -0.1) is 0 Å². The van der Waals surface area contributed by atoms with Crippen LogP contribution in [0.5, 0.6) is 5.75 Å². The minimum atomic E-state index is -3.50. The summed E-state index contributed by atoms with van der Waals surface area (Å²) in [7, 11) is -3.50. The van der Waals surface area contributed by atoms with Gasteiger partial charge in [-0.1, -0.05) is 0 Å². The zero-order valence-corrected chi connectivity index (χ0v) is 15.8. The summed E-state index contributed by atoms with van der Waals surface area (Å²) in [5.41, 5.74) is 4.03. The van der Waals surface area contributed by atoms with Gasteiger partial charge in [-0.25, -0.2) is 17.9 Å². The van der Waals surface area contributed by atoms with Crippen LogP contribution in [0.3, 0.4) is 0 Å². The predicted molar refractivity (Wildman–Crippen MR) is 99.5 cm³/mol. The molecule has 0 radical (unpaired) electrons. The van der Waals surface area contributed by atoms with Crippen molar-refractivity contribution in [3.8, 4) is 5.75 Å². The van der Waals surface area contributed by atoms with Gasteiger partial charge in [-0.05, 0) is 54.3 Å². The van der Waals surface area contributed by atoms with Crippen molar-refractivity contribution < 1.29 is 13.2 Å². The molecular formula is C19H20N4O3S. The second kappa shape index (κ2) is 6.03. The number of pyridine rings is 1. The van der Waals surface area contributed by atoms with Gasteiger partial charge in [0.1, 0.15) is 12.1 Å². The average Bonchev–Trinajstić information content (AvgIpc) is 3.39. The van der Waals surface area contributed by atoms with Crippen LogP contribution in [0.1, 0.15) is 29.0 Å². The maximum absolute atomic E-state index is 13.1. The fourth-order valence-electron chi connectivity index (χ4n) is 4.07. The van der Waals surface area contributed by atoms with Crippen molar-refractivity contribution in [3.05, 3.63) is 53.5 Å². The van der Waals surface area contributed by atoms with Crippen LogP contribution in [0.4, 0.5) is 0 Å². The van der Waals surface area contributed by atoms with E-state index < -0.39 is 10.0 Å². The third-order valence-electron chi connectivity index (χ3n) is 5.55. The van der Waals surface area contributed by atoms with Crippen LogP contribution in [0.15, 0.2) is 41.7 Å². The maximum atomic E-state index is 13.1. The Labute approximate surface area is 157 Å². The molecule has 1 fully saturated rings. The fraction of sp³-hybridized carbons (Fsp3) is 0.368. The summed E-state index contributed by atoms with van der Waals surface area (Å²) in [5, 5.41) is 4.20. The summed E-state index contributed by atoms with van der Waals surface area (Å²) < 4.78 is 35.1. The molecule has 1 unspecified atom stereocenters. The number of fused-ring (bicyclic) bond motifs is 2. The van der Waals surface area contributed by atoms with Gasteiger partial charge in [0.05, 0.1) is 11.5 Å². The first-order chi connectivity index (χ1) is 13.0. The van der Waals surface area contributed by atoms with Crippen molar-refractivity contribution in [2.45, 2.75) is 30.6 Å². The highest BCUT2D eigenvalue weighted by Crippen LogP contribution is 2.34. The van der Waals surface area contributed by atoms with E-state index in [2.05, 4.69) is 10.1 Å². The molecule has 5 rings (SSSR count). The molecule has 1 atom stereocenters. The highest BCUT2D eigenvalue weighted by atomic mass is 32.2. The summed E-state index contributed by atoms with van der Waals surface area (Å²) in [5.74, 6) is 0.955. The Kier molecular flexibility index (Phi) is 3.73. The summed E-state index contributed by atoms with van der Waals surface area (Å²) in [6.07, 6.45) is 5.07. The summed E-state index contributed by atoms with van der Waals surface area (Å²) >= 11 is 0. The molecule has 2 aliphatic heterocycles. The molecule has 0 bridgehead atoms. The molecule has 0 saturated carbocycles. The van der Waals surface area contributed by atoms with Gasteiger partial charge >= 0.3 is 0 Å². The lowest BCUT2D eigenvalue weighted by Gasteiger charge is -2.18. The van der Waals surface area contributed by atoms with E-state index in [1.807, 2.05) is 19.2 Å². The van der Waals surface area contributed by atoms with Gasteiger partial charge in [0, 0.05) is 31.6 Å². The molecule has 0 N–H and O–H groups in total. The average molecular weight is 384 g/mol. The topological polar surface area (TPSA) is 76.8 Å². The molecule has 1 aromatic carbocycles. The first kappa shape index (κ1) is 16.7. The molecule has 0 amide bonds. The van der Waals surface area contributed by atoms with Crippen LogP contribution in [0.2, 0.25) is 0 Å². The first-order valence-electron chi connectivity index (χ1n) is 9.08. The molecule has 0 spiro atoms. The number of aromatic nitrogens is 3. The van der Waals surface area contributed by atoms with Crippen molar-refractivity contribution in [2.24, 2.45) is 0 Å². The van der Waals surface area contributed by atoms with Crippen LogP contribution in [0, 0.1) is 6.92 Å². The fourth-order valence-corrected chi connectivity index (χ4v) is 5.62. The number of benzene rings is 1. The molecule has 2 aliphatic rings. The highest BCUT2D eigenvalue weighted by molar-refractivity contribution is 7.89. The van der Waals surface area contributed by atoms with E-state index in [4.69, 9.17) is 4.74 Å². The molecular weight excluding hydrogens is 364 g/mol. The van der Waals surface area contributed by atoms with Gasteiger partial charge in [0.2, 0.25) is 10.0 Å². The Hall–Kier alpha value is -2.45. The summed E-state index contributed by atoms with van der Waals surface area (Å²) in [6, 6.07) is 7.18. The Morgan fingerprint density at radius 1 is 1.26 bits per heavy atom. The lowest BCUT2D eigenvalue weighted by molar-refractivity contribution is 0.356. The molecule has 2 aromatic heterocycles. The Morgan fingerprint density at radius 2 is 2.15 bits per heavy atom. The third kappa shape index (κ3) is 2.71. The largest absolute Gasteiger partial charge is 0.493 e. The molecule has 4 heterocycles. The SMILES string of the molecule is Cc1cc2ncnn2cc1C1CCN(S(=O)(=O)c2ccc3c(c2)CCO3)C1. The monoisotopic (exact) mass is 384 g/mol. The van der Waals surface area contributed by atoms with Gasteiger partial charge in [-0.3, -0.25) is 0 Å². The zero-order valence-electron chi connectivity index (χ0n) is 15.0. The van der Waals surface area contributed by atoms with Crippen molar-refractivity contribution in [3.63, 3.8) is 0 Å². The summed E-state index contributed by atoms with van der Waals surface area (Å²) in [4.78, 5) is 4.56. The minimum Gasteiger partial charge on any atom is -0.493 e. The molecule has 1 saturated heterocycles. The standard InChI is InChI=1S/C19H20N4O3S/c1-13-8-19-20-12-21-23(19)11-17(13)15-4-6-22(10-15)27(24,25)16-2-3-18-14(9-16)5-7-26-18/h2-3,8-9,11-12,15H,4-7,10H2,1H3. The van der Waals surface area contributed by atoms with E-state index in [0.29, 0.717) is 24.6 Å². The van der Waals surface area contributed by atoms with Crippen molar-refractivity contribution in [1.29, 1.82) is 0 Å². The van der Waals surface area contributed by atoms with Crippen molar-refractivity contribution >= 4 is 15.7 Å². The van der Waals surface area contributed by atoms with E-state index in [0.717, 1.165) is 40.9 Å². The molecule has 8 heteroatoms. The van der Waals surface area contributed by atoms with E-state index in [9.17, 15) is 8.42 Å². The smallest absolute Gasteiger partial charge is 0.243 e. The van der Waals surface area contributed by atoms with Crippen LogP contribution >= 0.6 is 0 Å². The number of rotatable bonds is 3. The van der Waals surface area contributed by atoms with Crippen LogP contribution in [0.25, 0.3) is 5.65 Å². The van der Waals surface area contributed by atoms with Gasteiger partial charge in [-0.2, -0.15) is 9.40 Å². The van der Waals surface area contributed by atoms with E-state index in [1.54, 1.807) is 27.0 Å². The molecule has 3 aromatic rings. The second-order valence-electron chi connectivity index (χ2n) is 7.19. The first-order valence-corrected chi connectivity index (χ1v) is 10.5. The normalized spacial score (nSPS) is 20.1. The molecule has 27 heavy (non-hydrogen) atoms. The van der Waals surface area contributed by atoms with E-state index in [-0.39, 0.29) is 5.92 Å². The Bertz CT molecular complexity index is 1140. The van der Waals surface area contributed by atoms with E-state index >= 15 is 0 Å². The molecule has 0 aliphatic carbocycles. The van der Waals surface area contributed by atoms with Gasteiger partial charge < -0.3 is 4.74 Å². The predicted octanol–water partition coefficient (Wildman–Crippen LogP) is 2.15. The van der Waals surface area contributed by atoms with Crippen molar-refractivity contribution in [2.75, 3.05) is 19.7 Å². The number of aryl methyl sites for hydroxylation is 1. The number of hydrogen-bond donors (Lipinski definition) is 0. The van der Waals surface area contributed by atoms with Crippen LogP contribution in [-0.4, -0.2) is 47.0 Å². The number of nitrogens with zero attached hydrogens (tertiary/aromatic N) is 4. The van der Waals surface area contributed by atoms with Crippen LogP contribution in [-0.2, 0) is 16.4 Å². The second-order valence-corrected chi connectivity index (χ2v) is 9.13. The lowest BCUT2D eigenvalue weighted by Crippen LogP contribution is -2.28. The van der Waals surface area contributed by atoms with E-state index in [1.165, 1.54) is 6.33 Å².